The molecule has 0 radical (unpaired) electrons. The highest BCUT2D eigenvalue weighted by molar-refractivity contribution is 5.85. The minimum atomic E-state index is -0.498. The van der Waals surface area contributed by atoms with E-state index in [0.717, 1.165) is 57.4 Å². The van der Waals surface area contributed by atoms with Crippen molar-refractivity contribution in [1.29, 1.82) is 0 Å². The SMILES string of the molecule is C=CC(=O)Oc1ccc(N(c2ccc(C)cc2)c2ccc(-c3ccc(N(c4ccc(C)cc4)c4ccc(OC(=O)C=C)cc4)cc3)cc2)cc1. The molecule has 0 unspecified atom stereocenters. The summed E-state index contributed by atoms with van der Waals surface area (Å²) in [5, 5.41) is 0. The Morgan fingerprint density at radius 2 is 0.660 bits per heavy atom. The fraction of sp³-hybridized carbons (Fsp3) is 0.0455. The van der Waals surface area contributed by atoms with Crippen molar-refractivity contribution in [3.8, 4) is 22.6 Å². The average molecular weight is 657 g/mol. The minimum absolute atomic E-state index is 0.452. The maximum Gasteiger partial charge on any atom is 0.335 e. The number of hydrogen-bond donors (Lipinski definition) is 0. The predicted molar refractivity (Wildman–Crippen MR) is 202 cm³/mol. The topological polar surface area (TPSA) is 59.1 Å². The van der Waals surface area contributed by atoms with Crippen LogP contribution in [0.5, 0.6) is 11.5 Å². The van der Waals surface area contributed by atoms with Gasteiger partial charge in [-0.3, -0.25) is 0 Å². The molecule has 6 heteroatoms. The summed E-state index contributed by atoms with van der Waals surface area (Å²) in [5.41, 5.74) is 10.3. The Morgan fingerprint density at radius 1 is 0.420 bits per heavy atom. The molecule has 6 nitrogen and oxygen atoms in total. The van der Waals surface area contributed by atoms with Crippen molar-refractivity contribution in [2.24, 2.45) is 0 Å². The second-order valence-corrected chi connectivity index (χ2v) is 11.7. The van der Waals surface area contributed by atoms with Crippen LogP contribution in [0.25, 0.3) is 11.1 Å². The van der Waals surface area contributed by atoms with E-state index < -0.39 is 11.9 Å². The normalized spacial score (nSPS) is 10.5. The Kier molecular flexibility index (Phi) is 10.0. The zero-order valence-corrected chi connectivity index (χ0v) is 28.0. The maximum atomic E-state index is 11.7. The first-order chi connectivity index (χ1) is 24.3. The first kappa shape index (κ1) is 33.2. The first-order valence-corrected chi connectivity index (χ1v) is 16.1. The standard InChI is InChI=1S/C44H36N2O4/c1-5-43(47)49-41-27-23-39(24-28-41)45(35-15-7-31(3)8-16-35)37-19-11-33(12-20-37)34-13-21-38(22-14-34)46(36-17-9-32(4)10-18-36)40-25-29-42(30-26-40)50-44(48)6-2/h5-30H,1-2H2,3-4H3. The molecule has 0 bridgehead atoms. The molecular weight excluding hydrogens is 620 g/mol. The van der Waals surface area contributed by atoms with E-state index in [1.807, 2.05) is 24.3 Å². The molecule has 0 saturated carbocycles. The number of hydrogen-bond acceptors (Lipinski definition) is 6. The van der Waals surface area contributed by atoms with E-state index in [2.05, 4.69) is 134 Å². The van der Waals surface area contributed by atoms with Crippen LogP contribution in [0.2, 0.25) is 0 Å². The Labute approximate surface area is 292 Å². The second kappa shape index (κ2) is 15.0. The van der Waals surface area contributed by atoms with E-state index in [9.17, 15) is 9.59 Å². The number of rotatable bonds is 11. The molecule has 0 saturated heterocycles. The summed E-state index contributed by atoms with van der Waals surface area (Å²) >= 11 is 0. The lowest BCUT2D eigenvalue weighted by molar-refractivity contribution is -0.129. The fourth-order valence-corrected chi connectivity index (χ4v) is 5.53. The molecule has 0 atom stereocenters. The number of aryl methyl sites for hydroxylation is 2. The molecule has 0 N–H and O–H groups in total. The Morgan fingerprint density at radius 3 is 0.920 bits per heavy atom. The number of nitrogens with zero attached hydrogens (tertiary/aromatic N) is 2. The Hall–Kier alpha value is -6.66. The van der Waals surface area contributed by atoms with Gasteiger partial charge in [-0.15, -0.1) is 0 Å². The number of carbonyl (C=O) groups excluding carboxylic acids is 2. The molecule has 0 aromatic heterocycles. The largest absolute Gasteiger partial charge is 0.423 e. The molecule has 6 rings (SSSR count). The number of esters is 2. The summed E-state index contributed by atoms with van der Waals surface area (Å²) in [6.07, 6.45) is 2.29. The number of carbonyl (C=O) groups is 2. The van der Waals surface area contributed by atoms with Crippen LogP contribution in [0, 0.1) is 13.8 Å². The summed E-state index contributed by atoms with van der Waals surface area (Å²) in [4.78, 5) is 27.7. The molecule has 0 fully saturated rings. The lowest BCUT2D eigenvalue weighted by Crippen LogP contribution is -2.10. The molecule has 50 heavy (non-hydrogen) atoms. The molecule has 246 valence electrons. The van der Waals surface area contributed by atoms with Gasteiger partial charge in [0.1, 0.15) is 11.5 Å². The lowest BCUT2D eigenvalue weighted by Gasteiger charge is -2.26. The van der Waals surface area contributed by atoms with Crippen LogP contribution >= 0.6 is 0 Å². The quantitative estimate of drug-likeness (QED) is 0.0786. The van der Waals surface area contributed by atoms with E-state index in [0.29, 0.717) is 11.5 Å². The molecule has 0 spiro atoms. The van der Waals surface area contributed by atoms with Crippen LogP contribution in [0.15, 0.2) is 171 Å². The molecule has 0 aliphatic carbocycles. The second-order valence-electron chi connectivity index (χ2n) is 11.7. The highest BCUT2D eigenvalue weighted by Gasteiger charge is 2.16. The van der Waals surface area contributed by atoms with Gasteiger partial charge in [0.15, 0.2) is 0 Å². The van der Waals surface area contributed by atoms with Crippen molar-refractivity contribution >= 4 is 46.1 Å². The molecule has 0 aliphatic rings. The van der Waals surface area contributed by atoms with E-state index >= 15 is 0 Å². The van der Waals surface area contributed by atoms with E-state index in [1.54, 1.807) is 24.3 Å². The summed E-state index contributed by atoms with van der Waals surface area (Å²) in [6.45, 7) is 11.1. The summed E-state index contributed by atoms with van der Waals surface area (Å²) in [7, 11) is 0. The smallest absolute Gasteiger partial charge is 0.335 e. The van der Waals surface area contributed by atoms with Crippen LogP contribution in [0.1, 0.15) is 11.1 Å². The Bertz CT molecular complexity index is 1950. The molecule has 0 heterocycles. The minimum Gasteiger partial charge on any atom is -0.423 e. The van der Waals surface area contributed by atoms with Crippen LogP contribution in [-0.2, 0) is 9.59 Å². The molecule has 6 aromatic carbocycles. The van der Waals surface area contributed by atoms with Crippen molar-refractivity contribution in [2.75, 3.05) is 9.80 Å². The van der Waals surface area contributed by atoms with Crippen molar-refractivity contribution < 1.29 is 19.1 Å². The fourth-order valence-electron chi connectivity index (χ4n) is 5.53. The third-order valence-electron chi connectivity index (χ3n) is 8.13. The van der Waals surface area contributed by atoms with E-state index in [4.69, 9.17) is 9.47 Å². The van der Waals surface area contributed by atoms with Crippen molar-refractivity contribution in [2.45, 2.75) is 13.8 Å². The van der Waals surface area contributed by atoms with Crippen LogP contribution in [0.4, 0.5) is 34.1 Å². The Balaban J connectivity index is 1.28. The highest BCUT2D eigenvalue weighted by atomic mass is 16.5. The predicted octanol–water partition coefficient (Wildman–Crippen LogP) is 11.1. The monoisotopic (exact) mass is 656 g/mol. The maximum absolute atomic E-state index is 11.7. The van der Waals surface area contributed by atoms with Gasteiger partial charge in [-0.1, -0.05) is 72.8 Å². The molecule has 0 amide bonds. The van der Waals surface area contributed by atoms with Gasteiger partial charge in [0.2, 0.25) is 0 Å². The van der Waals surface area contributed by atoms with Crippen molar-refractivity contribution in [3.63, 3.8) is 0 Å². The summed E-state index contributed by atoms with van der Waals surface area (Å²) in [6, 6.07) is 48.4. The molecule has 6 aromatic rings. The zero-order chi connectivity index (χ0) is 35.0. The molecular formula is C44H36N2O4. The number of ether oxygens (including phenoxy) is 2. The van der Waals surface area contributed by atoms with Gasteiger partial charge in [-0.2, -0.15) is 0 Å². The van der Waals surface area contributed by atoms with Crippen LogP contribution in [0.3, 0.4) is 0 Å². The zero-order valence-electron chi connectivity index (χ0n) is 28.0. The van der Waals surface area contributed by atoms with Crippen LogP contribution in [-0.4, -0.2) is 11.9 Å². The van der Waals surface area contributed by atoms with Gasteiger partial charge in [0, 0.05) is 46.3 Å². The number of benzene rings is 6. The third kappa shape index (κ3) is 7.72. The van der Waals surface area contributed by atoms with Gasteiger partial charge < -0.3 is 19.3 Å². The van der Waals surface area contributed by atoms with Crippen molar-refractivity contribution in [3.05, 3.63) is 182 Å². The first-order valence-electron chi connectivity index (χ1n) is 16.1. The van der Waals surface area contributed by atoms with Crippen molar-refractivity contribution in [1.82, 2.24) is 0 Å². The van der Waals surface area contributed by atoms with Gasteiger partial charge in [0.25, 0.3) is 0 Å². The van der Waals surface area contributed by atoms with Gasteiger partial charge in [-0.25, -0.2) is 9.59 Å². The third-order valence-corrected chi connectivity index (χ3v) is 8.13. The summed E-state index contributed by atoms with van der Waals surface area (Å²) < 4.78 is 10.6. The highest BCUT2D eigenvalue weighted by Crippen LogP contribution is 2.39. The average Bonchev–Trinajstić information content (AvgIpc) is 3.15. The number of anilines is 6. The van der Waals surface area contributed by atoms with Crippen LogP contribution < -0.4 is 19.3 Å². The van der Waals surface area contributed by atoms with Gasteiger partial charge in [0.05, 0.1) is 0 Å². The van der Waals surface area contributed by atoms with E-state index in [1.165, 1.54) is 11.1 Å². The van der Waals surface area contributed by atoms with Gasteiger partial charge >= 0.3 is 11.9 Å². The summed E-state index contributed by atoms with van der Waals surface area (Å²) in [5.74, 6) is -0.0920. The molecule has 0 aliphatic heterocycles. The van der Waals surface area contributed by atoms with E-state index in [-0.39, 0.29) is 0 Å². The lowest BCUT2D eigenvalue weighted by atomic mass is 10.0. The van der Waals surface area contributed by atoms with Gasteiger partial charge in [-0.05, 0) is 122 Å².